The van der Waals surface area contributed by atoms with Gasteiger partial charge in [0, 0.05) is 11.3 Å². The fourth-order valence-corrected chi connectivity index (χ4v) is 4.40. The van der Waals surface area contributed by atoms with Gasteiger partial charge in [-0.05, 0) is 54.3 Å². The average Bonchev–Trinajstić information content (AvgIpc) is 3.53. The molecule has 1 N–H and O–H groups in total. The van der Waals surface area contributed by atoms with E-state index in [0.29, 0.717) is 35.4 Å². The highest BCUT2D eigenvalue weighted by atomic mass is 32.2. The van der Waals surface area contributed by atoms with Crippen LogP contribution in [0.5, 0.6) is 0 Å². The summed E-state index contributed by atoms with van der Waals surface area (Å²) in [6, 6.07) is 18.6. The van der Waals surface area contributed by atoms with Gasteiger partial charge in [0.2, 0.25) is 5.91 Å². The zero-order valence-electron chi connectivity index (χ0n) is 21.4. The van der Waals surface area contributed by atoms with Gasteiger partial charge in [-0.15, -0.1) is 10.2 Å². The number of rotatable bonds is 9. The number of hydrogen-bond donors (Lipinski definition) is 1. The summed E-state index contributed by atoms with van der Waals surface area (Å²) >= 11 is 1.30. The maximum Gasteiger partial charge on any atom is 0.338 e. The topological polar surface area (TPSA) is 99.2 Å². The number of esters is 1. The first-order valence-electron chi connectivity index (χ1n) is 12.0. The molecule has 0 saturated carbocycles. The Morgan fingerprint density at radius 2 is 1.76 bits per heavy atom. The van der Waals surface area contributed by atoms with Gasteiger partial charge >= 0.3 is 5.97 Å². The molecule has 0 aliphatic heterocycles. The Labute approximate surface area is 220 Å². The number of aromatic nitrogens is 3. The van der Waals surface area contributed by atoms with Crippen molar-refractivity contribution < 1.29 is 18.7 Å². The number of furan rings is 1. The molecule has 1 amide bonds. The van der Waals surface area contributed by atoms with Gasteiger partial charge in [-0.25, -0.2) is 4.79 Å². The number of thioether (sulfide) groups is 1. The minimum absolute atomic E-state index is 0.0495. The van der Waals surface area contributed by atoms with Gasteiger partial charge in [0.05, 0.1) is 30.7 Å². The SMILES string of the molecule is CCOC(=O)c1ccc(NC(=O)CSc2nnc(-c3ccc(C(C)(C)C)cc3)n2Cc2ccco2)cc1. The first kappa shape index (κ1) is 26.2. The second-order valence-corrected chi connectivity index (χ2v) is 10.4. The van der Waals surface area contributed by atoms with E-state index in [1.54, 1.807) is 37.5 Å². The van der Waals surface area contributed by atoms with Crippen molar-refractivity contribution in [1.82, 2.24) is 14.8 Å². The minimum atomic E-state index is -0.393. The normalized spacial score (nSPS) is 11.4. The molecule has 0 radical (unpaired) electrons. The van der Waals surface area contributed by atoms with Gasteiger partial charge in [-0.2, -0.15) is 0 Å². The minimum Gasteiger partial charge on any atom is -0.467 e. The monoisotopic (exact) mass is 518 g/mol. The lowest BCUT2D eigenvalue weighted by molar-refractivity contribution is -0.113. The molecule has 9 heteroatoms. The van der Waals surface area contributed by atoms with Crippen LogP contribution in [0, 0.1) is 0 Å². The van der Waals surface area contributed by atoms with E-state index in [-0.39, 0.29) is 17.1 Å². The molecule has 0 saturated heterocycles. The molecule has 0 aliphatic carbocycles. The number of hydrogen-bond acceptors (Lipinski definition) is 7. The number of benzene rings is 2. The van der Waals surface area contributed by atoms with Gasteiger partial charge in [0.1, 0.15) is 5.76 Å². The molecular formula is C28H30N4O4S. The summed E-state index contributed by atoms with van der Waals surface area (Å²) in [5.74, 6) is 1.02. The number of carbonyl (C=O) groups excluding carboxylic acids is 2. The largest absolute Gasteiger partial charge is 0.467 e. The first-order valence-corrected chi connectivity index (χ1v) is 13.0. The smallest absolute Gasteiger partial charge is 0.338 e. The molecular weight excluding hydrogens is 488 g/mol. The van der Waals surface area contributed by atoms with E-state index in [1.807, 2.05) is 28.8 Å². The van der Waals surface area contributed by atoms with Gasteiger partial charge in [-0.3, -0.25) is 9.36 Å². The zero-order valence-corrected chi connectivity index (χ0v) is 22.2. The molecule has 0 fully saturated rings. The molecule has 2 aromatic carbocycles. The van der Waals surface area contributed by atoms with Crippen molar-refractivity contribution in [2.45, 2.75) is 44.8 Å². The van der Waals surface area contributed by atoms with E-state index in [2.05, 4.69) is 48.4 Å². The molecule has 4 rings (SSSR count). The van der Waals surface area contributed by atoms with E-state index in [1.165, 1.54) is 17.3 Å². The van der Waals surface area contributed by atoms with Crippen LogP contribution in [0.15, 0.2) is 76.5 Å². The molecule has 0 aliphatic rings. The lowest BCUT2D eigenvalue weighted by atomic mass is 9.87. The van der Waals surface area contributed by atoms with Crippen molar-refractivity contribution in [3.63, 3.8) is 0 Å². The Balaban J connectivity index is 1.47. The molecule has 192 valence electrons. The highest BCUT2D eigenvalue weighted by Crippen LogP contribution is 2.28. The van der Waals surface area contributed by atoms with Crippen molar-refractivity contribution in [2.24, 2.45) is 0 Å². The van der Waals surface area contributed by atoms with Crippen LogP contribution in [0.1, 0.15) is 49.4 Å². The highest BCUT2D eigenvalue weighted by molar-refractivity contribution is 7.99. The molecule has 8 nitrogen and oxygen atoms in total. The summed E-state index contributed by atoms with van der Waals surface area (Å²) < 4.78 is 12.5. The van der Waals surface area contributed by atoms with Crippen molar-refractivity contribution in [3.05, 3.63) is 83.8 Å². The number of carbonyl (C=O) groups is 2. The maximum absolute atomic E-state index is 12.6. The number of nitrogens with zero attached hydrogens (tertiary/aromatic N) is 3. The van der Waals surface area contributed by atoms with Crippen LogP contribution in [-0.2, 0) is 21.5 Å². The van der Waals surface area contributed by atoms with E-state index >= 15 is 0 Å². The lowest BCUT2D eigenvalue weighted by Crippen LogP contribution is -2.15. The summed E-state index contributed by atoms with van der Waals surface area (Å²) in [7, 11) is 0. The van der Waals surface area contributed by atoms with Gasteiger partial charge < -0.3 is 14.5 Å². The summed E-state index contributed by atoms with van der Waals surface area (Å²) in [6.45, 7) is 9.03. The van der Waals surface area contributed by atoms with E-state index in [0.717, 1.165) is 11.3 Å². The zero-order chi connectivity index (χ0) is 26.4. The molecule has 0 bridgehead atoms. The van der Waals surface area contributed by atoms with Crippen LogP contribution >= 0.6 is 11.8 Å². The number of amides is 1. The predicted octanol–water partition coefficient (Wildman–Crippen LogP) is 5.79. The molecule has 2 heterocycles. The molecule has 0 spiro atoms. The second kappa shape index (κ2) is 11.5. The van der Waals surface area contributed by atoms with Gasteiger partial charge in [-0.1, -0.05) is 56.8 Å². The van der Waals surface area contributed by atoms with Crippen LogP contribution in [0.3, 0.4) is 0 Å². The molecule has 2 aromatic heterocycles. The van der Waals surface area contributed by atoms with Crippen LogP contribution in [0.2, 0.25) is 0 Å². The van der Waals surface area contributed by atoms with E-state index in [4.69, 9.17) is 9.15 Å². The number of nitrogens with one attached hydrogen (secondary N) is 1. The summed E-state index contributed by atoms with van der Waals surface area (Å²) in [5, 5.41) is 12.3. The predicted molar refractivity (Wildman–Crippen MR) is 144 cm³/mol. The molecule has 4 aromatic rings. The maximum atomic E-state index is 12.6. The number of anilines is 1. The third-order valence-corrected chi connectivity index (χ3v) is 6.60. The van der Waals surface area contributed by atoms with Crippen LogP contribution in [0.25, 0.3) is 11.4 Å². The van der Waals surface area contributed by atoms with E-state index in [9.17, 15) is 9.59 Å². The Bertz CT molecular complexity index is 1340. The van der Waals surface area contributed by atoms with Crippen molar-refractivity contribution >= 4 is 29.3 Å². The highest BCUT2D eigenvalue weighted by Gasteiger charge is 2.19. The third kappa shape index (κ3) is 6.68. The Morgan fingerprint density at radius 1 is 1.03 bits per heavy atom. The average molecular weight is 519 g/mol. The Hall–Kier alpha value is -3.85. The Kier molecular flexibility index (Phi) is 8.13. The second-order valence-electron chi connectivity index (χ2n) is 9.43. The van der Waals surface area contributed by atoms with Crippen molar-refractivity contribution in [2.75, 3.05) is 17.7 Å². The van der Waals surface area contributed by atoms with Crippen LogP contribution in [-0.4, -0.2) is 39.0 Å². The van der Waals surface area contributed by atoms with Crippen LogP contribution < -0.4 is 5.32 Å². The van der Waals surface area contributed by atoms with Gasteiger partial charge in [0.15, 0.2) is 11.0 Å². The molecule has 0 unspecified atom stereocenters. The molecule has 37 heavy (non-hydrogen) atoms. The number of ether oxygens (including phenoxy) is 1. The Morgan fingerprint density at radius 3 is 2.38 bits per heavy atom. The lowest BCUT2D eigenvalue weighted by Gasteiger charge is -2.19. The third-order valence-electron chi connectivity index (χ3n) is 5.63. The summed E-state index contributed by atoms with van der Waals surface area (Å²) in [4.78, 5) is 24.5. The van der Waals surface area contributed by atoms with Crippen molar-refractivity contribution in [3.8, 4) is 11.4 Å². The quantitative estimate of drug-likeness (QED) is 0.221. The summed E-state index contributed by atoms with van der Waals surface area (Å²) in [5.41, 5.74) is 3.24. The standard InChI is InChI=1S/C28H30N4O4S/c1-5-35-26(34)20-10-14-22(15-11-20)29-24(33)18-37-27-31-30-25(32(27)17-23-7-6-16-36-23)19-8-12-21(13-9-19)28(2,3)4/h6-16H,5,17-18H2,1-4H3,(H,29,33). The van der Waals surface area contributed by atoms with E-state index < -0.39 is 5.97 Å². The summed E-state index contributed by atoms with van der Waals surface area (Å²) in [6.07, 6.45) is 1.63. The van der Waals surface area contributed by atoms with Crippen molar-refractivity contribution in [1.29, 1.82) is 0 Å². The molecule has 0 atom stereocenters. The fourth-order valence-electron chi connectivity index (χ4n) is 3.66. The van der Waals surface area contributed by atoms with Crippen LogP contribution in [0.4, 0.5) is 5.69 Å². The fraction of sp³-hybridized carbons (Fsp3) is 0.286. The first-order chi connectivity index (χ1) is 17.7. The van der Waals surface area contributed by atoms with Gasteiger partial charge in [0.25, 0.3) is 0 Å².